The first kappa shape index (κ1) is 15.8. The molecule has 2 rings (SSSR count). The second kappa shape index (κ2) is 7.43. The molecule has 1 heterocycles. The summed E-state index contributed by atoms with van der Waals surface area (Å²) in [7, 11) is 1.53. The van der Waals surface area contributed by atoms with Crippen molar-refractivity contribution in [3.05, 3.63) is 51.7 Å². The lowest BCUT2D eigenvalue weighted by Crippen LogP contribution is -2.14. The molecule has 0 saturated carbocycles. The predicted octanol–water partition coefficient (Wildman–Crippen LogP) is 3.86. The first-order chi connectivity index (χ1) is 10.7. The Hall–Kier alpha value is -2.58. The van der Waals surface area contributed by atoms with Crippen LogP contribution in [0, 0.1) is 11.3 Å². The third kappa shape index (κ3) is 3.74. The van der Waals surface area contributed by atoms with E-state index in [1.807, 2.05) is 24.3 Å². The molecular weight excluding hydrogens is 296 g/mol. The molecule has 0 spiro atoms. The van der Waals surface area contributed by atoms with Crippen LogP contribution in [0.2, 0.25) is 0 Å². The normalized spacial score (nSPS) is 10.9. The lowest BCUT2D eigenvalue weighted by molar-refractivity contribution is -0.112. The monoisotopic (exact) mass is 312 g/mol. The number of anilines is 1. The Balaban J connectivity index is 2.20. The lowest BCUT2D eigenvalue weighted by atomic mass is 10.2. The maximum Gasteiger partial charge on any atom is 0.266 e. The molecule has 0 aliphatic rings. The van der Waals surface area contributed by atoms with Crippen molar-refractivity contribution in [2.45, 2.75) is 13.3 Å². The highest BCUT2D eigenvalue weighted by Gasteiger charge is 2.12. The lowest BCUT2D eigenvalue weighted by Gasteiger charge is -2.08. The molecule has 22 heavy (non-hydrogen) atoms. The van der Waals surface area contributed by atoms with Crippen molar-refractivity contribution >= 4 is 29.0 Å². The highest BCUT2D eigenvalue weighted by atomic mass is 32.1. The molecule has 1 N–H and O–H groups in total. The number of carbonyl (C=O) groups is 1. The Bertz CT molecular complexity index is 741. The summed E-state index contributed by atoms with van der Waals surface area (Å²) in [5, 5.41) is 11.9. The maximum atomic E-state index is 12.2. The van der Waals surface area contributed by atoms with Gasteiger partial charge < -0.3 is 10.1 Å². The number of nitrogens with one attached hydrogen (secondary N) is 1. The van der Waals surface area contributed by atoms with Crippen molar-refractivity contribution in [3.63, 3.8) is 0 Å². The Morgan fingerprint density at radius 3 is 2.77 bits per heavy atom. The van der Waals surface area contributed by atoms with E-state index in [1.54, 1.807) is 35.6 Å². The minimum Gasteiger partial charge on any atom is -0.495 e. The highest BCUT2D eigenvalue weighted by molar-refractivity contribution is 7.12. The number of benzene rings is 1. The van der Waals surface area contributed by atoms with Gasteiger partial charge in [0.1, 0.15) is 17.4 Å². The van der Waals surface area contributed by atoms with Crippen LogP contribution in [-0.4, -0.2) is 13.0 Å². The minimum absolute atomic E-state index is 0.0652. The van der Waals surface area contributed by atoms with Gasteiger partial charge >= 0.3 is 0 Å². The van der Waals surface area contributed by atoms with Crippen LogP contribution < -0.4 is 10.1 Å². The van der Waals surface area contributed by atoms with Gasteiger partial charge in [-0.2, -0.15) is 5.26 Å². The van der Waals surface area contributed by atoms with Crippen LogP contribution in [0.25, 0.3) is 6.08 Å². The molecule has 112 valence electrons. The summed E-state index contributed by atoms with van der Waals surface area (Å²) in [5.74, 6) is 0.107. The molecule has 1 aromatic carbocycles. The van der Waals surface area contributed by atoms with E-state index in [-0.39, 0.29) is 5.57 Å². The van der Waals surface area contributed by atoms with Gasteiger partial charge in [0.2, 0.25) is 0 Å². The zero-order chi connectivity index (χ0) is 15.9. The summed E-state index contributed by atoms with van der Waals surface area (Å²) >= 11 is 1.58. The number of hydrogen-bond donors (Lipinski definition) is 1. The van der Waals surface area contributed by atoms with Crippen molar-refractivity contribution in [2.24, 2.45) is 0 Å². The molecule has 2 aromatic rings. The van der Waals surface area contributed by atoms with Gasteiger partial charge in [-0.1, -0.05) is 19.1 Å². The number of amides is 1. The average molecular weight is 312 g/mol. The van der Waals surface area contributed by atoms with Gasteiger partial charge in [0.15, 0.2) is 0 Å². The van der Waals surface area contributed by atoms with Gasteiger partial charge in [0.25, 0.3) is 5.91 Å². The van der Waals surface area contributed by atoms with Crippen molar-refractivity contribution in [1.82, 2.24) is 0 Å². The topological polar surface area (TPSA) is 62.1 Å². The van der Waals surface area contributed by atoms with Crippen LogP contribution in [0.5, 0.6) is 5.75 Å². The van der Waals surface area contributed by atoms with Crippen LogP contribution in [0.4, 0.5) is 5.69 Å². The maximum absolute atomic E-state index is 12.2. The minimum atomic E-state index is -0.446. The van der Waals surface area contributed by atoms with Crippen molar-refractivity contribution in [2.75, 3.05) is 12.4 Å². The Morgan fingerprint density at radius 2 is 2.14 bits per heavy atom. The van der Waals surface area contributed by atoms with E-state index in [9.17, 15) is 10.1 Å². The first-order valence-electron chi connectivity index (χ1n) is 6.82. The zero-order valence-corrected chi connectivity index (χ0v) is 13.2. The smallest absolute Gasteiger partial charge is 0.266 e. The van der Waals surface area contributed by atoms with Crippen molar-refractivity contribution < 1.29 is 9.53 Å². The van der Waals surface area contributed by atoms with Gasteiger partial charge in [-0.3, -0.25) is 4.79 Å². The fourth-order valence-electron chi connectivity index (χ4n) is 1.89. The molecule has 4 nitrogen and oxygen atoms in total. The van der Waals surface area contributed by atoms with Gasteiger partial charge in [-0.15, -0.1) is 11.3 Å². The number of nitrogens with zero attached hydrogens (tertiary/aromatic N) is 1. The number of thiophene rings is 1. The van der Waals surface area contributed by atoms with E-state index in [0.717, 1.165) is 11.3 Å². The van der Waals surface area contributed by atoms with Crippen LogP contribution in [0.3, 0.4) is 0 Å². The summed E-state index contributed by atoms with van der Waals surface area (Å²) < 4.78 is 5.18. The molecule has 0 radical (unpaired) electrons. The molecule has 0 aliphatic carbocycles. The van der Waals surface area contributed by atoms with Gasteiger partial charge in [0, 0.05) is 9.75 Å². The van der Waals surface area contributed by atoms with Crippen LogP contribution in [-0.2, 0) is 11.2 Å². The second-order valence-corrected chi connectivity index (χ2v) is 5.68. The third-order valence-electron chi connectivity index (χ3n) is 3.04. The number of aryl methyl sites for hydroxylation is 1. The number of nitriles is 1. The number of hydrogen-bond acceptors (Lipinski definition) is 4. The number of ether oxygens (including phenoxy) is 1. The largest absolute Gasteiger partial charge is 0.495 e. The predicted molar refractivity (Wildman–Crippen MR) is 88.9 cm³/mol. The number of rotatable bonds is 5. The molecule has 0 aliphatic heterocycles. The number of para-hydroxylation sites is 2. The van der Waals surface area contributed by atoms with Gasteiger partial charge in [-0.05, 0) is 36.8 Å². The second-order valence-electron chi connectivity index (χ2n) is 4.48. The zero-order valence-electron chi connectivity index (χ0n) is 12.4. The number of methoxy groups -OCH3 is 1. The summed E-state index contributed by atoms with van der Waals surface area (Å²) in [6.45, 7) is 2.07. The van der Waals surface area contributed by atoms with E-state index >= 15 is 0 Å². The highest BCUT2D eigenvalue weighted by Crippen LogP contribution is 2.24. The standard InChI is InChI=1S/C17H16N2O2S/c1-3-13-8-9-14(22-13)10-12(11-18)17(20)19-15-6-4-5-7-16(15)21-2/h4-10H,3H2,1-2H3,(H,19,20)/b12-10+. The molecule has 0 atom stereocenters. The Morgan fingerprint density at radius 1 is 1.36 bits per heavy atom. The third-order valence-corrected chi connectivity index (χ3v) is 4.21. The summed E-state index contributed by atoms with van der Waals surface area (Å²) in [4.78, 5) is 14.3. The van der Waals surface area contributed by atoms with Crippen molar-refractivity contribution in [1.29, 1.82) is 5.26 Å². The van der Waals surface area contributed by atoms with Gasteiger partial charge in [0.05, 0.1) is 12.8 Å². The molecular formula is C17H16N2O2S. The fraction of sp³-hybridized carbons (Fsp3) is 0.176. The van der Waals surface area contributed by atoms with Crippen molar-refractivity contribution in [3.8, 4) is 11.8 Å². The molecule has 0 fully saturated rings. The Kier molecular flexibility index (Phi) is 5.34. The summed E-state index contributed by atoms with van der Waals surface area (Å²) in [5.41, 5.74) is 0.604. The SMILES string of the molecule is CCc1ccc(/C=C(\C#N)C(=O)Nc2ccccc2OC)s1. The van der Waals surface area contributed by atoms with E-state index < -0.39 is 5.91 Å². The Labute approximate surface area is 133 Å². The molecule has 0 saturated heterocycles. The molecule has 5 heteroatoms. The van der Waals surface area contributed by atoms with Gasteiger partial charge in [-0.25, -0.2) is 0 Å². The van der Waals surface area contributed by atoms with E-state index in [0.29, 0.717) is 11.4 Å². The van der Waals surface area contributed by atoms with E-state index in [1.165, 1.54) is 12.0 Å². The van der Waals surface area contributed by atoms with Crippen LogP contribution in [0.15, 0.2) is 42.0 Å². The van der Waals surface area contributed by atoms with E-state index in [4.69, 9.17) is 4.74 Å². The molecule has 1 amide bonds. The summed E-state index contributed by atoms with van der Waals surface area (Å²) in [6.07, 6.45) is 2.54. The van der Waals surface area contributed by atoms with Crippen LogP contribution >= 0.6 is 11.3 Å². The van der Waals surface area contributed by atoms with E-state index in [2.05, 4.69) is 12.2 Å². The quantitative estimate of drug-likeness (QED) is 0.673. The average Bonchev–Trinajstić information content (AvgIpc) is 3.00. The fourth-order valence-corrected chi connectivity index (χ4v) is 2.79. The van der Waals surface area contributed by atoms with Crippen LogP contribution in [0.1, 0.15) is 16.7 Å². The first-order valence-corrected chi connectivity index (χ1v) is 7.64. The molecule has 1 aromatic heterocycles. The number of carbonyl (C=O) groups excluding carboxylic acids is 1. The molecule has 0 unspecified atom stereocenters. The molecule has 0 bridgehead atoms. The summed E-state index contributed by atoms with van der Waals surface area (Å²) in [6, 6.07) is 12.9.